The second-order valence-electron chi connectivity index (χ2n) is 5.30. The Morgan fingerprint density at radius 2 is 1.83 bits per heavy atom. The Balaban J connectivity index is 2.00. The number of nitrogens with zero attached hydrogens (tertiary/aromatic N) is 2. The summed E-state index contributed by atoms with van der Waals surface area (Å²) in [4.78, 5) is 20.8. The third-order valence-electron chi connectivity index (χ3n) is 3.45. The number of nitrogens with one attached hydrogen (secondary N) is 2. The van der Waals surface area contributed by atoms with E-state index in [1.54, 1.807) is 12.1 Å². The number of carbonyl (C=O) groups is 1. The molecule has 122 valence electrons. The Labute approximate surface area is 138 Å². The molecule has 0 spiro atoms. The van der Waals surface area contributed by atoms with Crippen LogP contribution in [0, 0.1) is 5.82 Å². The van der Waals surface area contributed by atoms with Crippen molar-refractivity contribution >= 4 is 28.3 Å². The largest absolute Gasteiger partial charge is 0.349 e. The normalized spacial score (nSPS) is 10.6. The molecule has 24 heavy (non-hydrogen) atoms. The zero-order valence-corrected chi connectivity index (χ0v) is 13.2. The first-order chi connectivity index (χ1) is 11.7. The molecule has 0 saturated carbocycles. The molecular weight excluding hydrogens is 307 g/mol. The lowest BCUT2D eigenvalue weighted by molar-refractivity contribution is 0.0944. The van der Waals surface area contributed by atoms with Gasteiger partial charge in [0, 0.05) is 17.6 Å². The highest BCUT2D eigenvalue weighted by molar-refractivity contribution is 5.97. The molecule has 2 aromatic carbocycles. The average molecular weight is 324 g/mol. The maximum absolute atomic E-state index is 13.1. The Morgan fingerprint density at radius 1 is 1.08 bits per heavy atom. The van der Waals surface area contributed by atoms with Crippen LogP contribution >= 0.6 is 0 Å². The van der Waals surface area contributed by atoms with Crippen molar-refractivity contribution in [3.05, 3.63) is 60.2 Å². The van der Waals surface area contributed by atoms with E-state index in [9.17, 15) is 9.18 Å². The van der Waals surface area contributed by atoms with Gasteiger partial charge in [0.05, 0.1) is 5.52 Å². The summed E-state index contributed by atoms with van der Waals surface area (Å²) in [6.07, 6.45) is 0.833. The molecule has 2 N–H and O–H groups in total. The van der Waals surface area contributed by atoms with Crippen LogP contribution in [-0.4, -0.2) is 22.4 Å². The molecule has 1 aromatic heterocycles. The van der Waals surface area contributed by atoms with Crippen molar-refractivity contribution in [2.45, 2.75) is 13.3 Å². The van der Waals surface area contributed by atoms with Gasteiger partial charge in [0.2, 0.25) is 5.82 Å². The number of carbonyl (C=O) groups excluding carboxylic acids is 1. The third kappa shape index (κ3) is 3.48. The molecule has 0 atom stereocenters. The maximum Gasteiger partial charge on any atom is 0.289 e. The monoisotopic (exact) mass is 324 g/mol. The van der Waals surface area contributed by atoms with Crippen molar-refractivity contribution < 1.29 is 9.18 Å². The van der Waals surface area contributed by atoms with Crippen LogP contribution in [0.2, 0.25) is 0 Å². The Kier molecular flexibility index (Phi) is 4.65. The highest BCUT2D eigenvalue weighted by Gasteiger charge is 2.13. The van der Waals surface area contributed by atoms with Gasteiger partial charge in [-0.1, -0.05) is 19.1 Å². The van der Waals surface area contributed by atoms with Crippen LogP contribution in [-0.2, 0) is 0 Å². The number of rotatable bonds is 5. The molecular formula is C18H17FN4O. The number of hydrogen-bond acceptors (Lipinski definition) is 4. The van der Waals surface area contributed by atoms with Crippen LogP contribution < -0.4 is 10.6 Å². The molecule has 1 amide bonds. The molecule has 0 aliphatic rings. The van der Waals surface area contributed by atoms with Gasteiger partial charge >= 0.3 is 0 Å². The smallest absolute Gasteiger partial charge is 0.289 e. The van der Waals surface area contributed by atoms with Crippen molar-refractivity contribution in [2.24, 2.45) is 0 Å². The second kappa shape index (κ2) is 7.04. The van der Waals surface area contributed by atoms with Crippen molar-refractivity contribution in [1.29, 1.82) is 0 Å². The summed E-state index contributed by atoms with van der Waals surface area (Å²) >= 11 is 0. The van der Waals surface area contributed by atoms with E-state index in [1.807, 2.05) is 31.2 Å². The quantitative estimate of drug-likeness (QED) is 0.752. The van der Waals surface area contributed by atoms with E-state index < -0.39 is 0 Å². The molecule has 0 saturated heterocycles. The molecule has 6 heteroatoms. The van der Waals surface area contributed by atoms with Gasteiger partial charge < -0.3 is 10.6 Å². The van der Waals surface area contributed by atoms with E-state index in [4.69, 9.17) is 0 Å². The number of benzene rings is 2. The molecule has 0 aliphatic heterocycles. The fourth-order valence-corrected chi connectivity index (χ4v) is 2.26. The first-order valence-corrected chi connectivity index (χ1v) is 7.75. The molecule has 0 radical (unpaired) electrons. The predicted molar refractivity (Wildman–Crippen MR) is 91.8 cm³/mol. The maximum atomic E-state index is 13.1. The molecule has 0 unspecified atom stereocenters. The second-order valence-corrected chi connectivity index (χ2v) is 5.30. The lowest BCUT2D eigenvalue weighted by atomic mass is 10.2. The summed E-state index contributed by atoms with van der Waals surface area (Å²) in [6, 6.07) is 13.4. The van der Waals surface area contributed by atoms with Gasteiger partial charge in [-0.25, -0.2) is 14.4 Å². The van der Waals surface area contributed by atoms with Gasteiger partial charge in [-0.3, -0.25) is 4.79 Å². The van der Waals surface area contributed by atoms with Crippen molar-refractivity contribution in [2.75, 3.05) is 11.9 Å². The summed E-state index contributed by atoms with van der Waals surface area (Å²) in [6.45, 7) is 2.54. The van der Waals surface area contributed by atoms with Gasteiger partial charge in [0.25, 0.3) is 5.91 Å². The molecule has 0 fully saturated rings. The van der Waals surface area contributed by atoms with Gasteiger partial charge in [-0.15, -0.1) is 0 Å². The number of anilines is 2. The molecule has 5 nitrogen and oxygen atoms in total. The zero-order chi connectivity index (χ0) is 16.9. The van der Waals surface area contributed by atoms with Crippen LogP contribution in [0.3, 0.4) is 0 Å². The topological polar surface area (TPSA) is 66.9 Å². The molecule has 0 aliphatic carbocycles. The standard InChI is InChI=1S/C18H17FN4O/c1-2-11-20-18(24)17-22-15-6-4-3-5-14(15)16(23-17)21-13-9-7-12(19)8-10-13/h3-10H,2,11H2,1H3,(H,20,24)(H,21,22,23). The van der Waals surface area contributed by atoms with E-state index in [0.29, 0.717) is 23.6 Å². The number of para-hydroxylation sites is 1. The average Bonchev–Trinajstić information content (AvgIpc) is 2.61. The Hall–Kier alpha value is -3.02. The highest BCUT2D eigenvalue weighted by atomic mass is 19.1. The van der Waals surface area contributed by atoms with Crippen molar-refractivity contribution in [3.8, 4) is 0 Å². The number of fused-ring (bicyclic) bond motifs is 1. The van der Waals surface area contributed by atoms with Crippen LogP contribution in [0.5, 0.6) is 0 Å². The summed E-state index contributed by atoms with van der Waals surface area (Å²) in [5.41, 5.74) is 1.35. The molecule has 1 heterocycles. The van der Waals surface area contributed by atoms with E-state index in [-0.39, 0.29) is 17.5 Å². The summed E-state index contributed by atoms with van der Waals surface area (Å²) < 4.78 is 13.1. The minimum atomic E-state index is -0.315. The van der Waals surface area contributed by atoms with Crippen molar-refractivity contribution in [3.63, 3.8) is 0 Å². The molecule has 3 aromatic rings. The van der Waals surface area contributed by atoms with Crippen LogP contribution in [0.15, 0.2) is 48.5 Å². The Bertz CT molecular complexity index is 865. The van der Waals surface area contributed by atoms with Crippen LogP contribution in [0.25, 0.3) is 10.9 Å². The number of hydrogen-bond donors (Lipinski definition) is 2. The number of halogens is 1. The molecule has 3 rings (SSSR count). The van der Waals surface area contributed by atoms with Gasteiger partial charge in [0.15, 0.2) is 0 Å². The zero-order valence-electron chi connectivity index (χ0n) is 13.2. The first kappa shape index (κ1) is 15.9. The minimum Gasteiger partial charge on any atom is -0.349 e. The Morgan fingerprint density at radius 3 is 2.58 bits per heavy atom. The van der Waals surface area contributed by atoms with Crippen molar-refractivity contribution in [1.82, 2.24) is 15.3 Å². The van der Waals surface area contributed by atoms with Crippen LogP contribution in [0.4, 0.5) is 15.9 Å². The fourth-order valence-electron chi connectivity index (χ4n) is 2.26. The lowest BCUT2D eigenvalue weighted by Crippen LogP contribution is -2.26. The predicted octanol–water partition coefficient (Wildman–Crippen LogP) is 3.65. The third-order valence-corrected chi connectivity index (χ3v) is 3.45. The van der Waals surface area contributed by atoms with E-state index in [0.717, 1.165) is 11.8 Å². The SMILES string of the molecule is CCCNC(=O)c1nc(Nc2ccc(F)cc2)c2ccccc2n1. The lowest BCUT2D eigenvalue weighted by Gasteiger charge is -2.11. The fraction of sp³-hybridized carbons (Fsp3) is 0.167. The summed E-state index contributed by atoms with van der Waals surface area (Å²) in [5, 5.41) is 6.68. The van der Waals surface area contributed by atoms with E-state index in [2.05, 4.69) is 20.6 Å². The molecule has 0 bridgehead atoms. The first-order valence-electron chi connectivity index (χ1n) is 7.75. The van der Waals surface area contributed by atoms with E-state index >= 15 is 0 Å². The number of aromatic nitrogens is 2. The van der Waals surface area contributed by atoms with Gasteiger partial charge in [0.1, 0.15) is 11.6 Å². The van der Waals surface area contributed by atoms with Gasteiger partial charge in [-0.2, -0.15) is 0 Å². The van der Waals surface area contributed by atoms with E-state index in [1.165, 1.54) is 12.1 Å². The summed E-state index contributed by atoms with van der Waals surface area (Å²) in [7, 11) is 0. The van der Waals surface area contributed by atoms with Crippen LogP contribution in [0.1, 0.15) is 24.0 Å². The minimum absolute atomic E-state index is 0.103. The van der Waals surface area contributed by atoms with Gasteiger partial charge in [-0.05, 0) is 42.8 Å². The highest BCUT2D eigenvalue weighted by Crippen LogP contribution is 2.24. The summed E-state index contributed by atoms with van der Waals surface area (Å²) in [5.74, 6) is -0.0156. The number of amides is 1.